The van der Waals surface area contributed by atoms with Crippen LogP contribution in [0.4, 0.5) is 5.69 Å². The number of hydrogen-bond acceptors (Lipinski definition) is 3. The number of hydrogen-bond donors (Lipinski definition) is 1. The normalized spacial score (nSPS) is 10.7. The summed E-state index contributed by atoms with van der Waals surface area (Å²) in [6, 6.07) is 6.40. The van der Waals surface area contributed by atoms with E-state index in [1.54, 1.807) is 7.11 Å². The van der Waals surface area contributed by atoms with Gasteiger partial charge < -0.3 is 9.64 Å². The molecule has 96 valence electrons. The molecule has 0 bridgehead atoms. The minimum Gasteiger partial charge on any atom is -0.496 e. The van der Waals surface area contributed by atoms with E-state index in [0.717, 1.165) is 24.5 Å². The summed E-state index contributed by atoms with van der Waals surface area (Å²) in [4.78, 5) is 2.27. The molecule has 0 amide bonds. The highest BCUT2D eigenvalue weighted by Gasteiger charge is 2.10. The van der Waals surface area contributed by atoms with Crippen molar-refractivity contribution in [1.82, 2.24) is 0 Å². The maximum Gasteiger partial charge on any atom is 0.122 e. The number of thiol groups is 1. The summed E-state index contributed by atoms with van der Waals surface area (Å²) in [7, 11) is 3.85. The Morgan fingerprint density at radius 3 is 2.59 bits per heavy atom. The smallest absolute Gasteiger partial charge is 0.122 e. The number of ether oxygens (including phenoxy) is 1. The van der Waals surface area contributed by atoms with Crippen LogP contribution in [0.5, 0.6) is 5.75 Å². The van der Waals surface area contributed by atoms with Crippen molar-refractivity contribution < 1.29 is 4.74 Å². The van der Waals surface area contributed by atoms with Crippen LogP contribution < -0.4 is 9.64 Å². The summed E-state index contributed by atoms with van der Waals surface area (Å²) >= 11 is 4.25. The zero-order valence-corrected chi connectivity index (χ0v) is 12.1. The van der Waals surface area contributed by atoms with Gasteiger partial charge in [-0.2, -0.15) is 12.6 Å². The molecule has 0 saturated carbocycles. The molecule has 0 unspecified atom stereocenters. The van der Waals surface area contributed by atoms with Crippen LogP contribution in [0, 0.1) is 0 Å². The van der Waals surface area contributed by atoms with Crippen LogP contribution >= 0.6 is 12.6 Å². The largest absolute Gasteiger partial charge is 0.496 e. The third kappa shape index (κ3) is 3.84. The second-order valence-corrected chi connectivity index (χ2v) is 5.03. The van der Waals surface area contributed by atoms with Gasteiger partial charge in [0.1, 0.15) is 5.75 Å². The van der Waals surface area contributed by atoms with Gasteiger partial charge in [-0.1, -0.05) is 13.8 Å². The second kappa shape index (κ2) is 6.80. The third-order valence-electron chi connectivity index (χ3n) is 2.93. The minimum atomic E-state index is 0.475. The Bertz CT molecular complexity index is 352. The lowest BCUT2D eigenvalue weighted by Gasteiger charge is -2.21. The van der Waals surface area contributed by atoms with Crippen molar-refractivity contribution in [2.75, 3.05) is 31.4 Å². The van der Waals surface area contributed by atoms with Crippen LogP contribution in [0.25, 0.3) is 0 Å². The first-order valence-electron chi connectivity index (χ1n) is 6.10. The molecule has 1 aromatic rings. The van der Waals surface area contributed by atoms with Gasteiger partial charge in [0.2, 0.25) is 0 Å². The maximum atomic E-state index is 5.39. The maximum absolute atomic E-state index is 5.39. The van der Waals surface area contributed by atoms with Gasteiger partial charge in [0.05, 0.1) is 7.11 Å². The molecular formula is C14H23NOS. The first-order chi connectivity index (χ1) is 8.10. The molecule has 0 atom stereocenters. The molecule has 3 heteroatoms. The Labute approximate surface area is 110 Å². The fourth-order valence-corrected chi connectivity index (χ4v) is 1.99. The number of anilines is 1. The Balaban J connectivity index is 2.91. The predicted molar refractivity (Wildman–Crippen MR) is 78.8 cm³/mol. The quantitative estimate of drug-likeness (QED) is 0.778. The van der Waals surface area contributed by atoms with Gasteiger partial charge in [0, 0.05) is 19.3 Å². The van der Waals surface area contributed by atoms with E-state index < -0.39 is 0 Å². The van der Waals surface area contributed by atoms with E-state index in [1.165, 1.54) is 11.3 Å². The second-order valence-electron chi connectivity index (χ2n) is 4.58. The monoisotopic (exact) mass is 253 g/mol. The molecule has 1 rings (SSSR count). The topological polar surface area (TPSA) is 12.5 Å². The predicted octanol–water partition coefficient (Wildman–Crippen LogP) is 3.57. The van der Waals surface area contributed by atoms with Gasteiger partial charge in [-0.05, 0) is 41.9 Å². The summed E-state index contributed by atoms with van der Waals surface area (Å²) in [5.74, 6) is 2.38. The fraction of sp³-hybridized carbons (Fsp3) is 0.571. The van der Waals surface area contributed by atoms with E-state index in [9.17, 15) is 0 Å². The molecule has 17 heavy (non-hydrogen) atoms. The molecule has 0 aliphatic heterocycles. The molecule has 0 aliphatic rings. The van der Waals surface area contributed by atoms with Crippen LogP contribution in [-0.2, 0) is 0 Å². The van der Waals surface area contributed by atoms with Gasteiger partial charge in [0.25, 0.3) is 0 Å². The number of nitrogens with zero attached hydrogens (tertiary/aromatic N) is 1. The van der Waals surface area contributed by atoms with Gasteiger partial charge in [-0.3, -0.25) is 0 Å². The Kier molecular flexibility index (Phi) is 5.69. The zero-order chi connectivity index (χ0) is 12.8. The fourth-order valence-electron chi connectivity index (χ4n) is 1.85. The first kappa shape index (κ1) is 14.2. The van der Waals surface area contributed by atoms with Crippen LogP contribution in [0.1, 0.15) is 31.7 Å². The number of rotatable bonds is 6. The van der Waals surface area contributed by atoms with Gasteiger partial charge in [-0.15, -0.1) is 0 Å². The lowest BCUT2D eigenvalue weighted by Crippen LogP contribution is -2.19. The SMILES string of the molecule is COc1ccc(N(C)CCCS)cc1C(C)C. The molecule has 1 aromatic carbocycles. The molecule has 0 radical (unpaired) electrons. The highest BCUT2D eigenvalue weighted by atomic mass is 32.1. The molecule has 0 heterocycles. The minimum absolute atomic E-state index is 0.475. The van der Waals surface area contributed by atoms with Gasteiger partial charge >= 0.3 is 0 Å². The summed E-state index contributed by atoms with van der Waals surface area (Å²) in [5.41, 5.74) is 2.51. The van der Waals surface area contributed by atoms with Crippen LogP contribution in [-0.4, -0.2) is 26.5 Å². The summed E-state index contributed by atoms with van der Waals surface area (Å²) < 4.78 is 5.39. The molecule has 0 fully saturated rings. The van der Waals surface area contributed by atoms with Crippen molar-refractivity contribution in [3.63, 3.8) is 0 Å². The number of methoxy groups -OCH3 is 1. The Morgan fingerprint density at radius 2 is 2.06 bits per heavy atom. The van der Waals surface area contributed by atoms with Gasteiger partial charge in [-0.25, -0.2) is 0 Å². The van der Waals surface area contributed by atoms with E-state index in [4.69, 9.17) is 4.74 Å². The standard InChI is InChI=1S/C14H23NOS/c1-11(2)13-10-12(6-7-14(13)16-4)15(3)8-5-9-17/h6-7,10-11,17H,5,8-9H2,1-4H3. The Morgan fingerprint density at radius 1 is 1.35 bits per heavy atom. The zero-order valence-electron chi connectivity index (χ0n) is 11.2. The average Bonchev–Trinajstić information content (AvgIpc) is 2.34. The van der Waals surface area contributed by atoms with E-state index >= 15 is 0 Å². The first-order valence-corrected chi connectivity index (χ1v) is 6.73. The van der Waals surface area contributed by atoms with E-state index in [-0.39, 0.29) is 0 Å². The van der Waals surface area contributed by atoms with E-state index in [1.807, 2.05) is 0 Å². The average molecular weight is 253 g/mol. The molecule has 0 aliphatic carbocycles. The van der Waals surface area contributed by atoms with Gasteiger partial charge in [0.15, 0.2) is 0 Å². The van der Waals surface area contributed by atoms with Crippen LogP contribution in [0.15, 0.2) is 18.2 Å². The lowest BCUT2D eigenvalue weighted by molar-refractivity contribution is 0.407. The lowest BCUT2D eigenvalue weighted by atomic mass is 10.0. The third-order valence-corrected chi connectivity index (χ3v) is 3.24. The van der Waals surface area contributed by atoms with E-state index in [2.05, 4.69) is 56.6 Å². The van der Waals surface area contributed by atoms with Crippen molar-refractivity contribution in [2.24, 2.45) is 0 Å². The van der Waals surface area contributed by atoms with Crippen molar-refractivity contribution >= 4 is 18.3 Å². The van der Waals surface area contributed by atoms with Crippen molar-refractivity contribution in [3.8, 4) is 5.75 Å². The molecule has 0 aromatic heterocycles. The van der Waals surface area contributed by atoms with E-state index in [0.29, 0.717) is 5.92 Å². The summed E-state index contributed by atoms with van der Waals surface area (Å²) in [6.45, 7) is 5.41. The highest BCUT2D eigenvalue weighted by molar-refractivity contribution is 7.80. The molecular weight excluding hydrogens is 230 g/mol. The summed E-state index contributed by atoms with van der Waals surface area (Å²) in [6.07, 6.45) is 1.10. The molecule has 0 spiro atoms. The molecule has 0 N–H and O–H groups in total. The van der Waals surface area contributed by atoms with Crippen molar-refractivity contribution in [2.45, 2.75) is 26.2 Å². The molecule has 2 nitrogen and oxygen atoms in total. The highest BCUT2D eigenvalue weighted by Crippen LogP contribution is 2.30. The van der Waals surface area contributed by atoms with Crippen LogP contribution in [0.3, 0.4) is 0 Å². The van der Waals surface area contributed by atoms with Crippen molar-refractivity contribution in [1.29, 1.82) is 0 Å². The number of benzene rings is 1. The van der Waals surface area contributed by atoms with Crippen molar-refractivity contribution in [3.05, 3.63) is 23.8 Å². The van der Waals surface area contributed by atoms with Crippen LogP contribution in [0.2, 0.25) is 0 Å². The molecule has 0 saturated heterocycles. The Hall–Kier alpha value is -0.830. The summed E-state index contributed by atoms with van der Waals surface area (Å²) in [5, 5.41) is 0.